The number of nitrogens with one attached hydrogen (secondary N) is 1. The normalized spacial score (nSPS) is 22.2. The van der Waals surface area contributed by atoms with Crippen molar-refractivity contribution in [3.8, 4) is 0 Å². The maximum atomic E-state index is 12.2. The van der Waals surface area contributed by atoms with Crippen LogP contribution < -0.4 is 4.72 Å². The third kappa shape index (κ3) is 5.08. The fourth-order valence-corrected chi connectivity index (χ4v) is 3.71. The van der Waals surface area contributed by atoms with E-state index >= 15 is 0 Å². The molecule has 7 heteroatoms. The molecule has 0 radical (unpaired) electrons. The van der Waals surface area contributed by atoms with Crippen molar-refractivity contribution >= 4 is 16.2 Å². The molecule has 0 aromatic heterocycles. The summed E-state index contributed by atoms with van der Waals surface area (Å²) >= 11 is 0. The molecule has 0 aromatic rings. The van der Waals surface area contributed by atoms with Crippen LogP contribution in [-0.4, -0.2) is 43.9 Å². The highest BCUT2D eigenvalue weighted by Gasteiger charge is 2.34. The van der Waals surface area contributed by atoms with E-state index in [0.29, 0.717) is 26.0 Å². The summed E-state index contributed by atoms with van der Waals surface area (Å²) in [4.78, 5) is 11.7. The number of nitrogens with zero attached hydrogens (tertiary/aromatic N) is 1. The van der Waals surface area contributed by atoms with E-state index in [9.17, 15) is 13.2 Å². The van der Waals surface area contributed by atoms with E-state index in [4.69, 9.17) is 4.74 Å². The van der Waals surface area contributed by atoms with Crippen LogP contribution in [0.5, 0.6) is 0 Å². The molecule has 112 valence electrons. The summed E-state index contributed by atoms with van der Waals surface area (Å²) in [6, 6.07) is 0. The van der Waals surface area contributed by atoms with Crippen LogP contribution in [0.1, 0.15) is 40.5 Å². The van der Waals surface area contributed by atoms with Crippen LogP contribution >= 0.6 is 0 Å². The second-order valence-electron chi connectivity index (χ2n) is 5.81. The summed E-state index contributed by atoms with van der Waals surface area (Å²) < 4.78 is 33.3. The van der Waals surface area contributed by atoms with Crippen LogP contribution in [0.3, 0.4) is 0 Å². The summed E-state index contributed by atoms with van der Waals surface area (Å²) in [6.45, 7) is 8.08. The highest BCUT2D eigenvalue weighted by Crippen LogP contribution is 2.20. The number of carbonyl (C=O) groups is 1. The average molecular weight is 292 g/mol. The Kier molecular flexibility index (Phi) is 5.34. The molecule has 19 heavy (non-hydrogen) atoms. The summed E-state index contributed by atoms with van der Waals surface area (Å²) in [6.07, 6.45) is 1.36. The summed E-state index contributed by atoms with van der Waals surface area (Å²) in [5.74, 6) is -0.664. The van der Waals surface area contributed by atoms with Gasteiger partial charge in [-0.25, -0.2) is 0 Å². The molecule has 1 rings (SSSR count). The fraction of sp³-hybridized carbons (Fsp3) is 0.917. The molecule has 0 bridgehead atoms. The van der Waals surface area contributed by atoms with Gasteiger partial charge in [0.1, 0.15) is 0 Å². The van der Waals surface area contributed by atoms with Gasteiger partial charge in [0.2, 0.25) is 0 Å². The van der Waals surface area contributed by atoms with Crippen LogP contribution in [0.2, 0.25) is 0 Å². The number of rotatable bonds is 4. The number of ether oxygens (including phenoxy) is 1. The molecule has 1 N–H and O–H groups in total. The average Bonchev–Trinajstić information content (AvgIpc) is 2.26. The predicted octanol–water partition coefficient (Wildman–Crippen LogP) is 0.894. The van der Waals surface area contributed by atoms with Gasteiger partial charge >= 0.3 is 5.97 Å². The smallest absolute Gasteiger partial charge is 0.310 e. The third-order valence-corrected chi connectivity index (χ3v) is 4.66. The molecule has 1 fully saturated rings. The molecule has 1 aliphatic heterocycles. The minimum Gasteiger partial charge on any atom is -0.466 e. The molecule has 1 heterocycles. The van der Waals surface area contributed by atoms with Gasteiger partial charge < -0.3 is 4.74 Å². The van der Waals surface area contributed by atoms with Gasteiger partial charge in [-0.15, -0.1) is 0 Å². The highest BCUT2D eigenvalue weighted by molar-refractivity contribution is 7.87. The fourth-order valence-electron chi connectivity index (χ4n) is 2.06. The lowest BCUT2D eigenvalue weighted by Gasteiger charge is -2.33. The first-order chi connectivity index (χ1) is 8.65. The van der Waals surface area contributed by atoms with Crippen molar-refractivity contribution < 1.29 is 17.9 Å². The Hall–Kier alpha value is -0.660. The quantitative estimate of drug-likeness (QED) is 0.781. The first kappa shape index (κ1) is 16.4. The van der Waals surface area contributed by atoms with Crippen molar-refractivity contribution in [3.63, 3.8) is 0 Å². The van der Waals surface area contributed by atoms with Crippen molar-refractivity contribution in [1.82, 2.24) is 9.03 Å². The first-order valence-electron chi connectivity index (χ1n) is 6.61. The highest BCUT2D eigenvalue weighted by atomic mass is 32.2. The molecular weight excluding hydrogens is 268 g/mol. The second-order valence-corrected chi connectivity index (χ2v) is 7.48. The van der Waals surface area contributed by atoms with Crippen LogP contribution in [0.4, 0.5) is 0 Å². The monoisotopic (exact) mass is 292 g/mol. The van der Waals surface area contributed by atoms with Crippen LogP contribution in [0, 0.1) is 5.92 Å². The van der Waals surface area contributed by atoms with E-state index in [1.807, 2.05) is 0 Å². The van der Waals surface area contributed by atoms with Gasteiger partial charge in [-0.2, -0.15) is 17.4 Å². The second kappa shape index (κ2) is 6.19. The largest absolute Gasteiger partial charge is 0.466 e. The zero-order chi connectivity index (χ0) is 14.7. The van der Waals surface area contributed by atoms with E-state index in [0.717, 1.165) is 0 Å². The van der Waals surface area contributed by atoms with Gasteiger partial charge in [0.15, 0.2) is 0 Å². The number of carbonyl (C=O) groups excluding carboxylic acids is 1. The van der Waals surface area contributed by atoms with Gasteiger partial charge in [-0.05, 0) is 40.5 Å². The van der Waals surface area contributed by atoms with Crippen molar-refractivity contribution in [3.05, 3.63) is 0 Å². The lowest BCUT2D eigenvalue weighted by Crippen LogP contribution is -2.52. The van der Waals surface area contributed by atoms with Crippen LogP contribution in [0.15, 0.2) is 0 Å². The zero-order valence-electron chi connectivity index (χ0n) is 12.1. The van der Waals surface area contributed by atoms with E-state index in [1.54, 1.807) is 27.7 Å². The minimum absolute atomic E-state index is 0.199. The molecule has 1 atom stereocenters. The molecule has 1 aliphatic rings. The lowest BCUT2D eigenvalue weighted by molar-refractivity contribution is -0.149. The lowest BCUT2D eigenvalue weighted by atomic mass is 10.0. The van der Waals surface area contributed by atoms with Gasteiger partial charge in [-0.3, -0.25) is 4.79 Å². The zero-order valence-corrected chi connectivity index (χ0v) is 12.9. The van der Waals surface area contributed by atoms with Crippen molar-refractivity contribution in [2.45, 2.75) is 46.1 Å². The molecule has 0 aliphatic carbocycles. The molecule has 0 aromatic carbocycles. The molecular formula is C12H24N2O4S. The van der Waals surface area contributed by atoms with Gasteiger partial charge in [0.05, 0.1) is 12.5 Å². The van der Waals surface area contributed by atoms with Crippen LogP contribution in [-0.2, 0) is 19.7 Å². The Bertz CT molecular complexity index is 414. The Morgan fingerprint density at radius 3 is 2.58 bits per heavy atom. The maximum Gasteiger partial charge on any atom is 0.310 e. The predicted molar refractivity (Wildman–Crippen MR) is 72.7 cm³/mol. The van der Waals surface area contributed by atoms with E-state index in [2.05, 4.69) is 4.72 Å². The molecule has 0 amide bonds. The Balaban J connectivity index is 2.71. The molecule has 0 saturated carbocycles. The molecule has 1 saturated heterocycles. The number of hydrogen-bond acceptors (Lipinski definition) is 4. The van der Waals surface area contributed by atoms with E-state index in [1.165, 1.54) is 4.31 Å². The standard InChI is InChI=1S/C12H24N2O4S/c1-5-18-11(15)10-7-6-8-14(9-10)19(16,17)13-12(2,3)4/h10,13H,5-9H2,1-4H3. The van der Waals surface area contributed by atoms with Gasteiger partial charge in [0.25, 0.3) is 10.2 Å². The van der Waals surface area contributed by atoms with Crippen LogP contribution in [0.25, 0.3) is 0 Å². The topological polar surface area (TPSA) is 75.7 Å². The van der Waals surface area contributed by atoms with Gasteiger partial charge in [-0.1, -0.05) is 0 Å². The minimum atomic E-state index is -3.55. The molecule has 6 nitrogen and oxygen atoms in total. The van der Waals surface area contributed by atoms with Crippen molar-refractivity contribution in [1.29, 1.82) is 0 Å². The summed E-state index contributed by atoms with van der Waals surface area (Å²) in [7, 11) is -3.55. The summed E-state index contributed by atoms with van der Waals surface area (Å²) in [5.41, 5.74) is -0.532. The Labute approximate surface area is 115 Å². The maximum absolute atomic E-state index is 12.2. The van der Waals surface area contributed by atoms with E-state index < -0.39 is 15.7 Å². The summed E-state index contributed by atoms with van der Waals surface area (Å²) in [5, 5.41) is 0. The number of esters is 1. The van der Waals surface area contributed by atoms with Gasteiger partial charge in [0, 0.05) is 18.6 Å². The van der Waals surface area contributed by atoms with Crippen molar-refractivity contribution in [2.75, 3.05) is 19.7 Å². The third-order valence-electron chi connectivity index (χ3n) is 2.78. The first-order valence-corrected chi connectivity index (χ1v) is 8.05. The Morgan fingerprint density at radius 1 is 1.42 bits per heavy atom. The molecule has 0 spiro atoms. The Morgan fingerprint density at radius 2 is 2.05 bits per heavy atom. The number of hydrogen-bond donors (Lipinski definition) is 1. The molecule has 1 unspecified atom stereocenters. The van der Waals surface area contributed by atoms with E-state index in [-0.39, 0.29) is 18.4 Å². The van der Waals surface area contributed by atoms with Crippen molar-refractivity contribution in [2.24, 2.45) is 5.92 Å². The SMILES string of the molecule is CCOC(=O)C1CCCN(S(=O)(=O)NC(C)(C)C)C1. The number of piperidine rings is 1.